The summed E-state index contributed by atoms with van der Waals surface area (Å²) in [5, 5.41) is 2.78. The minimum absolute atomic E-state index is 0.154. The van der Waals surface area contributed by atoms with E-state index in [0.29, 0.717) is 18.8 Å². The summed E-state index contributed by atoms with van der Waals surface area (Å²) in [4.78, 5) is 14.2. The molecular formula is C17H27N3O3S. The first-order valence-corrected chi connectivity index (χ1v) is 9.85. The molecule has 0 aliphatic carbocycles. The first kappa shape index (κ1) is 18.9. The van der Waals surface area contributed by atoms with Crippen molar-refractivity contribution in [2.45, 2.75) is 44.0 Å². The minimum Gasteiger partial charge on any atom is -0.325 e. The van der Waals surface area contributed by atoms with E-state index in [1.165, 1.54) is 10.4 Å². The highest BCUT2D eigenvalue weighted by atomic mass is 32.2. The van der Waals surface area contributed by atoms with E-state index in [9.17, 15) is 13.2 Å². The highest BCUT2D eigenvalue weighted by molar-refractivity contribution is 7.89. The molecule has 1 saturated heterocycles. The third-order valence-electron chi connectivity index (χ3n) is 4.35. The Hall–Kier alpha value is -1.44. The average Bonchev–Trinajstić information content (AvgIpc) is 2.55. The second kappa shape index (κ2) is 8.09. The molecule has 1 amide bonds. The van der Waals surface area contributed by atoms with Crippen molar-refractivity contribution in [2.24, 2.45) is 0 Å². The van der Waals surface area contributed by atoms with Crippen LogP contribution in [-0.4, -0.2) is 56.3 Å². The molecule has 1 fully saturated rings. The van der Waals surface area contributed by atoms with Crippen molar-refractivity contribution in [3.05, 3.63) is 24.3 Å². The number of amides is 1. The molecule has 0 bridgehead atoms. The second-order valence-corrected chi connectivity index (χ2v) is 8.49. The number of hydrogen-bond acceptors (Lipinski definition) is 4. The van der Waals surface area contributed by atoms with Gasteiger partial charge in [-0.2, -0.15) is 4.31 Å². The number of benzene rings is 1. The van der Waals surface area contributed by atoms with Crippen LogP contribution in [0, 0.1) is 0 Å². The molecule has 0 radical (unpaired) electrons. The number of carbonyl (C=O) groups is 1. The molecule has 0 spiro atoms. The van der Waals surface area contributed by atoms with Crippen LogP contribution in [0.15, 0.2) is 29.2 Å². The SMILES string of the molecule is CC(C)N(C)CC(=O)Nc1cccc(S(=O)(=O)N2CCCCC2)c1. The van der Waals surface area contributed by atoms with Gasteiger partial charge in [0, 0.05) is 24.8 Å². The van der Waals surface area contributed by atoms with E-state index in [1.807, 2.05) is 25.8 Å². The van der Waals surface area contributed by atoms with Gasteiger partial charge in [0.1, 0.15) is 0 Å². The zero-order valence-electron chi connectivity index (χ0n) is 14.7. The highest BCUT2D eigenvalue weighted by Crippen LogP contribution is 2.22. The molecule has 0 unspecified atom stereocenters. The number of hydrogen-bond donors (Lipinski definition) is 1. The number of nitrogens with zero attached hydrogens (tertiary/aromatic N) is 2. The van der Waals surface area contributed by atoms with Crippen molar-refractivity contribution in [3.63, 3.8) is 0 Å². The van der Waals surface area contributed by atoms with Gasteiger partial charge in [-0.15, -0.1) is 0 Å². The van der Waals surface area contributed by atoms with Gasteiger partial charge in [-0.25, -0.2) is 8.42 Å². The lowest BCUT2D eigenvalue weighted by Crippen LogP contribution is -2.36. The van der Waals surface area contributed by atoms with Crippen LogP contribution in [0.4, 0.5) is 5.69 Å². The van der Waals surface area contributed by atoms with Gasteiger partial charge in [0.25, 0.3) is 0 Å². The molecule has 2 rings (SSSR count). The number of rotatable bonds is 6. The summed E-state index contributed by atoms with van der Waals surface area (Å²) in [6, 6.07) is 6.76. The fraction of sp³-hybridized carbons (Fsp3) is 0.588. The summed E-state index contributed by atoms with van der Waals surface area (Å²) < 4.78 is 26.9. The molecule has 1 aromatic rings. The maximum absolute atomic E-state index is 12.7. The summed E-state index contributed by atoms with van der Waals surface area (Å²) in [6.45, 7) is 5.43. The van der Waals surface area contributed by atoms with Crippen LogP contribution in [0.2, 0.25) is 0 Å². The van der Waals surface area contributed by atoms with Crippen LogP contribution in [0.3, 0.4) is 0 Å². The standard InChI is InChI=1S/C17H27N3O3S/c1-14(2)19(3)13-17(21)18-15-8-7-9-16(12-15)24(22,23)20-10-5-4-6-11-20/h7-9,12,14H,4-6,10-11,13H2,1-3H3,(H,18,21). The van der Waals surface area contributed by atoms with E-state index in [4.69, 9.17) is 0 Å². The first-order chi connectivity index (χ1) is 11.3. The third-order valence-corrected chi connectivity index (χ3v) is 6.24. The second-order valence-electron chi connectivity index (χ2n) is 6.55. The lowest BCUT2D eigenvalue weighted by atomic mass is 10.2. The number of likely N-dealkylation sites (N-methyl/N-ethyl adjacent to an activating group) is 1. The molecule has 6 nitrogen and oxygen atoms in total. The van der Waals surface area contributed by atoms with Crippen LogP contribution >= 0.6 is 0 Å². The quantitative estimate of drug-likeness (QED) is 0.851. The monoisotopic (exact) mass is 353 g/mol. The smallest absolute Gasteiger partial charge is 0.243 e. The van der Waals surface area contributed by atoms with E-state index < -0.39 is 10.0 Å². The van der Waals surface area contributed by atoms with Gasteiger partial charge >= 0.3 is 0 Å². The van der Waals surface area contributed by atoms with Crippen molar-refractivity contribution >= 4 is 21.6 Å². The van der Waals surface area contributed by atoms with E-state index in [0.717, 1.165) is 19.3 Å². The fourth-order valence-corrected chi connectivity index (χ4v) is 4.16. The molecule has 7 heteroatoms. The molecule has 1 aromatic carbocycles. The number of anilines is 1. The Labute approximate surface area is 144 Å². The van der Waals surface area contributed by atoms with Crippen LogP contribution in [-0.2, 0) is 14.8 Å². The fourth-order valence-electron chi connectivity index (χ4n) is 2.60. The van der Waals surface area contributed by atoms with E-state index in [1.54, 1.807) is 18.2 Å². The normalized spacial score (nSPS) is 16.5. The maximum atomic E-state index is 12.7. The van der Waals surface area contributed by atoms with Gasteiger partial charge < -0.3 is 5.32 Å². The predicted octanol–water partition coefficient (Wildman–Crippen LogP) is 2.14. The van der Waals surface area contributed by atoms with Gasteiger partial charge in [0.05, 0.1) is 11.4 Å². The van der Waals surface area contributed by atoms with Crippen molar-refractivity contribution in [2.75, 3.05) is 32.0 Å². The van der Waals surface area contributed by atoms with Crippen LogP contribution < -0.4 is 5.32 Å². The zero-order chi connectivity index (χ0) is 17.7. The third kappa shape index (κ3) is 4.78. The summed E-state index contributed by atoms with van der Waals surface area (Å²) >= 11 is 0. The number of carbonyl (C=O) groups excluding carboxylic acids is 1. The van der Waals surface area contributed by atoms with Gasteiger partial charge in [0.2, 0.25) is 15.9 Å². The summed E-state index contributed by atoms with van der Waals surface area (Å²) in [6.07, 6.45) is 2.87. The predicted molar refractivity (Wildman–Crippen MR) is 95.4 cm³/mol. The molecular weight excluding hydrogens is 326 g/mol. The van der Waals surface area contributed by atoms with Crippen molar-refractivity contribution in [1.82, 2.24) is 9.21 Å². The largest absolute Gasteiger partial charge is 0.325 e. The van der Waals surface area contributed by atoms with Crippen LogP contribution in [0.5, 0.6) is 0 Å². The van der Waals surface area contributed by atoms with Crippen LogP contribution in [0.25, 0.3) is 0 Å². The molecule has 1 heterocycles. The first-order valence-electron chi connectivity index (χ1n) is 8.41. The Morgan fingerprint density at radius 3 is 2.54 bits per heavy atom. The van der Waals surface area contributed by atoms with E-state index >= 15 is 0 Å². The van der Waals surface area contributed by atoms with E-state index in [2.05, 4.69) is 5.32 Å². The van der Waals surface area contributed by atoms with Crippen LogP contribution in [0.1, 0.15) is 33.1 Å². The average molecular weight is 353 g/mol. The Morgan fingerprint density at radius 1 is 1.25 bits per heavy atom. The molecule has 134 valence electrons. The molecule has 1 aliphatic heterocycles. The Balaban J connectivity index is 2.09. The zero-order valence-corrected chi connectivity index (χ0v) is 15.5. The molecule has 0 aromatic heterocycles. The van der Waals surface area contributed by atoms with Crippen molar-refractivity contribution in [1.29, 1.82) is 0 Å². The molecule has 0 saturated carbocycles. The minimum atomic E-state index is -3.49. The Kier molecular flexibility index (Phi) is 6.37. The Morgan fingerprint density at radius 2 is 1.92 bits per heavy atom. The van der Waals surface area contributed by atoms with Gasteiger partial charge in [-0.3, -0.25) is 9.69 Å². The van der Waals surface area contributed by atoms with E-state index in [-0.39, 0.29) is 23.4 Å². The summed E-state index contributed by atoms with van der Waals surface area (Å²) in [5.74, 6) is -0.154. The van der Waals surface area contributed by atoms with Gasteiger partial charge in [-0.1, -0.05) is 12.5 Å². The molecule has 0 atom stereocenters. The van der Waals surface area contributed by atoms with Crippen molar-refractivity contribution < 1.29 is 13.2 Å². The Bertz CT molecular complexity index is 667. The summed E-state index contributed by atoms with van der Waals surface area (Å²) in [7, 11) is -1.61. The van der Waals surface area contributed by atoms with Crippen molar-refractivity contribution in [3.8, 4) is 0 Å². The molecule has 24 heavy (non-hydrogen) atoms. The molecule has 1 N–H and O–H groups in total. The van der Waals surface area contributed by atoms with Gasteiger partial charge in [0.15, 0.2) is 0 Å². The lowest BCUT2D eigenvalue weighted by molar-refractivity contribution is -0.117. The topological polar surface area (TPSA) is 69.7 Å². The number of piperidine rings is 1. The highest BCUT2D eigenvalue weighted by Gasteiger charge is 2.26. The number of sulfonamides is 1. The molecule has 1 aliphatic rings. The number of nitrogens with one attached hydrogen (secondary N) is 1. The lowest BCUT2D eigenvalue weighted by Gasteiger charge is -2.26. The summed E-state index contributed by atoms with van der Waals surface area (Å²) in [5.41, 5.74) is 0.509. The van der Waals surface area contributed by atoms with Gasteiger partial charge in [-0.05, 0) is 51.9 Å². The maximum Gasteiger partial charge on any atom is 0.243 e.